The number of rotatable bonds is 7. The Bertz CT molecular complexity index is 1250. The molecule has 176 valence electrons. The smallest absolute Gasteiger partial charge is 0.319 e. The maximum Gasteiger partial charge on any atom is 0.394 e. The minimum atomic E-state index is -4.67. The molecule has 2 aliphatic rings. The van der Waals surface area contributed by atoms with Crippen LogP contribution in [0.25, 0.3) is 22.6 Å². The van der Waals surface area contributed by atoms with Gasteiger partial charge in [0.1, 0.15) is 0 Å². The van der Waals surface area contributed by atoms with Crippen molar-refractivity contribution < 1.29 is 17.5 Å². The van der Waals surface area contributed by atoms with Crippen molar-refractivity contribution in [2.45, 2.75) is 39.7 Å². The highest BCUT2D eigenvalue weighted by Gasteiger charge is 2.21. The fraction of sp³-hybridized carbons (Fsp3) is 0.474. The predicted octanol–water partition coefficient (Wildman–Crippen LogP) is 2.27. The van der Waals surface area contributed by atoms with Crippen molar-refractivity contribution in [1.82, 2.24) is 24.4 Å². The van der Waals surface area contributed by atoms with Crippen LogP contribution in [0.4, 0.5) is 0 Å². The van der Waals surface area contributed by atoms with E-state index in [-0.39, 0.29) is 11.7 Å². The summed E-state index contributed by atoms with van der Waals surface area (Å²) >= 11 is 6.19. The number of H-pyrrole nitrogens is 1. The zero-order valence-corrected chi connectivity index (χ0v) is 19.5. The second kappa shape index (κ2) is 11.0. The summed E-state index contributed by atoms with van der Waals surface area (Å²) in [7, 11) is -4.67. The second-order valence-corrected chi connectivity index (χ2v) is 8.46. The van der Waals surface area contributed by atoms with Crippen LogP contribution in [0, 0.1) is 0 Å². The molecule has 32 heavy (non-hydrogen) atoms. The Morgan fingerprint density at radius 2 is 1.81 bits per heavy atom. The first kappa shape index (κ1) is 25.9. The summed E-state index contributed by atoms with van der Waals surface area (Å²) in [5, 5.41) is 0.569. The standard InChI is InChI=1S/C19H24ClN5O2.H2O4S/c1-4-24(5-2)10-6-7-12(3)25-15-11-13(20)8-9-14(15)21-16-17(25)22-19(27)23-18(16)26;1-5(2,3)4/h8-9,11-12H,4-7,10H2,1-3H3,(H,23,26,27);(H2,1,2,3,4). The van der Waals surface area contributed by atoms with Crippen LogP contribution in [0.3, 0.4) is 0 Å². The molecule has 1 aromatic carbocycles. The minimum absolute atomic E-state index is 0.0285. The molecule has 11 nitrogen and oxygen atoms in total. The Balaban J connectivity index is 0.000000654. The number of aromatic nitrogens is 4. The third kappa shape index (κ3) is 7.07. The largest absolute Gasteiger partial charge is 0.394 e. The van der Waals surface area contributed by atoms with Crippen LogP contribution in [-0.2, 0) is 10.4 Å². The third-order valence-electron chi connectivity index (χ3n) is 4.94. The summed E-state index contributed by atoms with van der Waals surface area (Å²) in [6, 6.07) is 5.35. The van der Waals surface area contributed by atoms with Crippen LogP contribution in [0.1, 0.15) is 39.7 Å². The Hall–Kier alpha value is -2.38. The van der Waals surface area contributed by atoms with Gasteiger partial charge in [0.15, 0.2) is 11.5 Å². The quantitative estimate of drug-likeness (QED) is 0.335. The summed E-state index contributed by atoms with van der Waals surface area (Å²) in [6.07, 6.45) is 1.87. The van der Waals surface area contributed by atoms with Gasteiger partial charge < -0.3 is 9.47 Å². The molecule has 0 aliphatic carbocycles. The molecule has 2 aliphatic heterocycles. The fourth-order valence-electron chi connectivity index (χ4n) is 3.45. The van der Waals surface area contributed by atoms with Crippen LogP contribution < -0.4 is 11.2 Å². The van der Waals surface area contributed by atoms with Crippen molar-refractivity contribution >= 4 is 33.0 Å². The van der Waals surface area contributed by atoms with Crippen LogP contribution >= 0.6 is 11.6 Å². The summed E-state index contributed by atoms with van der Waals surface area (Å²) in [6.45, 7) is 9.41. The fourth-order valence-corrected chi connectivity index (χ4v) is 3.61. The van der Waals surface area contributed by atoms with E-state index in [0.717, 1.165) is 38.0 Å². The average Bonchev–Trinajstić information content (AvgIpc) is 2.68. The molecule has 0 radical (unpaired) electrons. The lowest BCUT2D eigenvalue weighted by Gasteiger charge is -2.24. The van der Waals surface area contributed by atoms with Gasteiger partial charge >= 0.3 is 16.1 Å². The molecular formula is C19H26ClN5O6S. The van der Waals surface area contributed by atoms with Gasteiger partial charge in [-0.2, -0.15) is 13.4 Å². The number of fused-ring (bicyclic) bond motifs is 2. The van der Waals surface area contributed by atoms with Gasteiger partial charge in [0.25, 0.3) is 5.56 Å². The van der Waals surface area contributed by atoms with Crippen molar-refractivity contribution in [2.75, 3.05) is 19.6 Å². The zero-order chi connectivity index (χ0) is 24.1. The second-order valence-electron chi connectivity index (χ2n) is 7.12. The number of benzene rings is 1. The van der Waals surface area contributed by atoms with Gasteiger partial charge in [0.05, 0.1) is 11.0 Å². The summed E-state index contributed by atoms with van der Waals surface area (Å²) in [5.74, 6) is 0.300. The highest BCUT2D eigenvalue weighted by molar-refractivity contribution is 7.79. The molecule has 0 saturated carbocycles. The minimum Gasteiger partial charge on any atom is -0.319 e. The monoisotopic (exact) mass is 487 g/mol. The van der Waals surface area contributed by atoms with Gasteiger partial charge in [0.2, 0.25) is 0 Å². The first-order valence-corrected chi connectivity index (χ1v) is 11.8. The van der Waals surface area contributed by atoms with E-state index in [9.17, 15) is 9.59 Å². The molecule has 3 N–H and O–H groups in total. The van der Waals surface area contributed by atoms with Crippen LogP contribution in [0.5, 0.6) is 0 Å². The van der Waals surface area contributed by atoms with E-state index in [1.54, 1.807) is 18.2 Å². The van der Waals surface area contributed by atoms with Crippen LogP contribution in [0.15, 0.2) is 27.8 Å². The maximum absolute atomic E-state index is 12.3. The molecule has 0 bridgehead atoms. The first-order chi connectivity index (χ1) is 14.9. The van der Waals surface area contributed by atoms with Crippen molar-refractivity contribution in [2.24, 2.45) is 0 Å². The lowest BCUT2D eigenvalue weighted by molar-refractivity contribution is 0.289. The van der Waals surface area contributed by atoms with Crippen LogP contribution in [-0.4, -0.2) is 61.6 Å². The number of hydrogen-bond acceptors (Lipinski definition) is 7. The lowest BCUT2D eigenvalue weighted by Crippen LogP contribution is -2.30. The van der Waals surface area contributed by atoms with E-state index in [1.807, 2.05) is 4.57 Å². The highest BCUT2D eigenvalue weighted by Crippen LogP contribution is 2.28. The van der Waals surface area contributed by atoms with Gasteiger partial charge in [-0.05, 0) is 57.6 Å². The molecule has 1 aromatic rings. The van der Waals surface area contributed by atoms with E-state index in [4.69, 9.17) is 29.1 Å². The number of hydrogen-bond donors (Lipinski definition) is 3. The number of nitrogens with zero attached hydrogens (tertiary/aromatic N) is 4. The highest BCUT2D eigenvalue weighted by atomic mass is 35.5. The Labute approximate surface area is 190 Å². The molecule has 0 aromatic heterocycles. The lowest BCUT2D eigenvalue weighted by atomic mass is 10.1. The van der Waals surface area contributed by atoms with Crippen molar-refractivity contribution in [3.05, 3.63) is 44.1 Å². The molecular weight excluding hydrogens is 462 g/mol. The maximum atomic E-state index is 12.3. The van der Waals surface area contributed by atoms with Gasteiger partial charge in [-0.25, -0.2) is 9.78 Å². The summed E-state index contributed by atoms with van der Waals surface area (Å²) in [4.78, 5) is 37.1. The molecule has 13 heteroatoms. The molecule has 0 spiro atoms. The molecule has 0 fully saturated rings. The first-order valence-electron chi connectivity index (χ1n) is 9.98. The van der Waals surface area contributed by atoms with Crippen LogP contribution in [0.2, 0.25) is 5.02 Å². The summed E-state index contributed by atoms with van der Waals surface area (Å²) < 4.78 is 33.5. The van der Waals surface area contributed by atoms with Crippen molar-refractivity contribution in [1.29, 1.82) is 0 Å². The van der Waals surface area contributed by atoms with E-state index in [2.05, 4.69) is 40.6 Å². The molecule has 1 unspecified atom stereocenters. The van der Waals surface area contributed by atoms with E-state index in [0.29, 0.717) is 16.4 Å². The Morgan fingerprint density at radius 3 is 2.41 bits per heavy atom. The molecule has 1 atom stereocenters. The predicted molar refractivity (Wildman–Crippen MR) is 122 cm³/mol. The Kier molecular flexibility index (Phi) is 8.87. The summed E-state index contributed by atoms with van der Waals surface area (Å²) in [5.41, 5.74) is 0.391. The molecule has 2 heterocycles. The normalized spacial score (nSPS) is 12.7. The number of nitrogens with one attached hydrogen (secondary N) is 1. The van der Waals surface area contributed by atoms with Gasteiger partial charge in [-0.15, -0.1) is 0 Å². The van der Waals surface area contributed by atoms with E-state index < -0.39 is 21.6 Å². The third-order valence-corrected chi connectivity index (χ3v) is 5.18. The van der Waals surface area contributed by atoms with Gasteiger partial charge in [-0.3, -0.25) is 18.9 Å². The zero-order valence-electron chi connectivity index (χ0n) is 17.9. The van der Waals surface area contributed by atoms with Crippen molar-refractivity contribution in [3.8, 4) is 11.5 Å². The van der Waals surface area contributed by atoms with Crippen molar-refractivity contribution in [3.63, 3.8) is 0 Å². The molecule has 3 rings (SSSR count). The SMILES string of the molecule is CCN(CC)CCCC(C)n1c2nc(=O)[nH]c(=O)c-2nc2ccc(Cl)cc21.O=S(=O)(O)O. The number of aromatic amines is 1. The number of halogens is 1. The topological polar surface area (TPSA) is 158 Å². The van der Waals surface area contributed by atoms with E-state index >= 15 is 0 Å². The van der Waals surface area contributed by atoms with Gasteiger partial charge in [0, 0.05) is 11.1 Å². The average molecular weight is 488 g/mol. The van der Waals surface area contributed by atoms with E-state index in [1.165, 1.54) is 0 Å². The molecule has 0 amide bonds. The Morgan fingerprint density at radius 1 is 1.19 bits per heavy atom. The van der Waals surface area contributed by atoms with Gasteiger partial charge in [-0.1, -0.05) is 25.4 Å². The molecule has 0 saturated heterocycles.